The maximum absolute atomic E-state index is 2.55. The first-order valence-corrected chi connectivity index (χ1v) is 15.9. The average molecular weight is 561 g/mol. The fourth-order valence-corrected chi connectivity index (χ4v) is 8.97. The summed E-state index contributed by atoms with van der Waals surface area (Å²) in [5, 5.41) is 10.7. The van der Waals surface area contributed by atoms with Gasteiger partial charge in [-0.2, -0.15) is 0 Å². The number of fused-ring (bicyclic) bond motifs is 8. The topological polar surface area (TPSA) is 0 Å². The van der Waals surface area contributed by atoms with Crippen molar-refractivity contribution in [2.45, 2.75) is 38.5 Å². The SMILES string of the molecule is CC1(C)c2ccccc2-c2cc3c(cc21)-c1c(cc2ccc4c(-c5cccc6ccccc56)ccc5ccc1c2c54)C3(C)C. The standard InChI is InChI=1S/C44H32/c1-43(2)36-15-8-7-13-31(36)34-23-38-35(24-37(34)43)42-33-21-17-26-16-19-30(29-14-9-11-25-10-5-6-12-28(25)29)32-20-18-27(41(33)40(26)32)22-39(42)44(38,3)4/h5-24H,1-4H3. The van der Waals surface area contributed by atoms with Crippen molar-refractivity contribution in [2.75, 3.05) is 0 Å². The van der Waals surface area contributed by atoms with Gasteiger partial charge < -0.3 is 0 Å². The van der Waals surface area contributed by atoms with Gasteiger partial charge >= 0.3 is 0 Å². The largest absolute Gasteiger partial charge is 0.0619 e. The molecule has 0 fully saturated rings. The summed E-state index contributed by atoms with van der Waals surface area (Å²) in [5.74, 6) is 0. The van der Waals surface area contributed by atoms with E-state index >= 15 is 0 Å². The Morgan fingerprint density at radius 2 is 0.955 bits per heavy atom. The maximum Gasteiger partial charge on any atom is 0.0159 e. The monoisotopic (exact) mass is 560 g/mol. The smallest absolute Gasteiger partial charge is 0.0159 e. The summed E-state index contributed by atoms with van der Waals surface area (Å²) in [4.78, 5) is 0. The first-order chi connectivity index (χ1) is 21.3. The molecule has 0 bridgehead atoms. The van der Waals surface area contributed by atoms with Crippen molar-refractivity contribution in [2.24, 2.45) is 0 Å². The summed E-state index contributed by atoms with van der Waals surface area (Å²) >= 11 is 0. The van der Waals surface area contributed by atoms with Gasteiger partial charge in [0.2, 0.25) is 0 Å². The molecule has 10 rings (SSSR count). The van der Waals surface area contributed by atoms with Crippen LogP contribution in [0.1, 0.15) is 49.9 Å². The number of hydrogen-bond acceptors (Lipinski definition) is 0. The van der Waals surface area contributed by atoms with E-state index in [4.69, 9.17) is 0 Å². The van der Waals surface area contributed by atoms with Crippen molar-refractivity contribution in [1.82, 2.24) is 0 Å². The summed E-state index contributed by atoms with van der Waals surface area (Å²) in [5.41, 5.74) is 13.9. The maximum atomic E-state index is 2.55. The van der Waals surface area contributed by atoms with Crippen molar-refractivity contribution in [3.63, 3.8) is 0 Å². The molecule has 44 heavy (non-hydrogen) atoms. The van der Waals surface area contributed by atoms with Crippen molar-refractivity contribution < 1.29 is 0 Å². The van der Waals surface area contributed by atoms with Crippen LogP contribution in [-0.2, 0) is 10.8 Å². The second kappa shape index (κ2) is 7.96. The van der Waals surface area contributed by atoms with Gasteiger partial charge in [0, 0.05) is 10.8 Å². The second-order valence-corrected chi connectivity index (χ2v) is 14.1. The van der Waals surface area contributed by atoms with Crippen molar-refractivity contribution >= 4 is 43.1 Å². The van der Waals surface area contributed by atoms with E-state index in [1.165, 1.54) is 98.7 Å². The molecule has 0 saturated carbocycles. The van der Waals surface area contributed by atoms with Gasteiger partial charge in [-0.3, -0.25) is 0 Å². The van der Waals surface area contributed by atoms with Crippen LogP contribution >= 0.6 is 0 Å². The normalized spacial score (nSPS) is 15.6. The summed E-state index contributed by atoms with van der Waals surface area (Å²) in [6.07, 6.45) is 0. The molecule has 0 radical (unpaired) electrons. The fourth-order valence-electron chi connectivity index (χ4n) is 8.97. The molecule has 0 spiro atoms. The molecule has 0 heterocycles. The predicted molar refractivity (Wildman–Crippen MR) is 188 cm³/mol. The van der Waals surface area contributed by atoms with Gasteiger partial charge in [0.05, 0.1) is 0 Å². The zero-order valence-electron chi connectivity index (χ0n) is 25.5. The Labute approximate surface area is 257 Å². The Morgan fingerprint density at radius 3 is 1.86 bits per heavy atom. The Morgan fingerprint density at radius 1 is 0.341 bits per heavy atom. The van der Waals surface area contributed by atoms with Gasteiger partial charge in [0.25, 0.3) is 0 Å². The van der Waals surface area contributed by atoms with Gasteiger partial charge in [0.15, 0.2) is 0 Å². The van der Waals surface area contributed by atoms with Crippen LogP contribution in [0.5, 0.6) is 0 Å². The highest BCUT2D eigenvalue weighted by Crippen LogP contribution is 2.58. The minimum absolute atomic E-state index is 0.0228. The minimum Gasteiger partial charge on any atom is -0.0619 e. The van der Waals surface area contributed by atoms with Crippen LogP contribution in [0.25, 0.3) is 76.5 Å². The van der Waals surface area contributed by atoms with E-state index in [-0.39, 0.29) is 10.8 Å². The Hall–Kier alpha value is -4.94. The van der Waals surface area contributed by atoms with Crippen LogP contribution in [0, 0.1) is 0 Å². The van der Waals surface area contributed by atoms with E-state index in [0.29, 0.717) is 0 Å². The molecule has 0 aliphatic heterocycles. The van der Waals surface area contributed by atoms with Crippen molar-refractivity contribution in [1.29, 1.82) is 0 Å². The average Bonchev–Trinajstić information content (AvgIpc) is 3.41. The molecule has 2 aliphatic carbocycles. The van der Waals surface area contributed by atoms with E-state index in [9.17, 15) is 0 Å². The summed E-state index contributed by atoms with van der Waals surface area (Å²) in [6.45, 7) is 9.63. The van der Waals surface area contributed by atoms with Crippen LogP contribution < -0.4 is 0 Å². The third-order valence-corrected chi connectivity index (χ3v) is 11.2. The molecule has 0 amide bonds. The lowest BCUT2D eigenvalue weighted by molar-refractivity contribution is 0.652. The first-order valence-electron chi connectivity index (χ1n) is 15.9. The van der Waals surface area contributed by atoms with Gasteiger partial charge in [-0.1, -0.05) is 131 Å². The highest BCUT2D eigenvalue weighted by atomic mass is 14.4. The quantitative estimate of drug-likeness (QED) is 0.175. The molecule has 0 atom stereocenters. The Balaban J connectivity index is 1.30. The lowest BCUT2D eigenvalue weighted by atomic mass is 9.79. The lowest BCUT2D eigenvalue weighted by Gasteiger charge is -2.24. The van der Waals surface area contributed by atoms with Crippen LogP contribution in [-0.4, -0.2) is 0 Å². The van der Waals surface area contributed by atoms with Gasteiger partial charge in [-0.25, -0.2) is 0 Å². The minimum atomic E-state index is -0.0834. The van der Waals surface area contributed by atoms with Crippen LogP contribution in [0.15, 0.2) is 121 Å². The van der Waals surface area contributed by atoms with E-state index in [1.807, 2.05) is 0 Å². The third-order valence-electron chi connectivity index (χ3n) is 11.2. The van der Waals surface area contributed by atoms with Crippen molar-refractivity contribution in [3.8, 4) is 33.4 Å². The lowest BCUT2D eigenvalue weighted by Crippen LogP contribution is -2.17. The Bertz CT molecular complexity index is 2530. The number of benzene rings is 8. The van der Waals surface area contributed by atoms with Gasteiger partial charge in [-0.05, 0) is 117 Å². The molecule has 0 nitrogen and oxygen atoms in total. The number of hydrogen-bond donors (Lipinski definition) is 0. The first kappa shape index (κ1) is 24.5. The Kier molecular flexibility index (Phi) is 4.43. The van der Waals surface area contributed by atoms with Crippen LogP contribution in [0.4, 0.5) is 0 Å². The third kappa shape index (κ3) is 2.85. The van der Waals surface area contributed by atoms with E-state index in [2.05, 4.69) is 149 Å². The summed E-state index contributed by atoms with van der Waals surface area (Å²) in [6, 6.07) is 46.2. The molecule has 0 aromatic heterocycles. The summed E-state index contributed by atoms with van der Waals surface area (Å²) in [7, 11) is 0. The van der Waals surface area contributed by atoms with E-state index in [1.54, 1.807) is 0 Å². The molecule has 208 valence electrons. The zero-order chi connectivity index (χ0) is 29.5. The number of rotatable bonds is 1. The molecule has 0 saturated heterocycles. The predicted octanol–water partition coefficient (Wildman–Crippen LogP) is 12.0. The van der Waals surface area contributed by atoms with E-state index < -0.39 is 0 Å². The highest BCUT2D eigenvalue weighted by molar-refractivity contribution is 6.29. The molecule has 0 N–H and O–H groups in total. The molecule has 2 aliphatic rings. The highest BCUT2D eigenvalue weighted by Gasteiger charge is 2.42. The van der Waals surface area contributed by atoms with Crippen molar-refractivity contribution in [3.05, 3.63) is 144 Å². The van der Waals surface area contributed by atoms with Crippen LogP contribution in [0.3, 0.4) is 0 Å². The summed E-state index contributed by atoms with van der Waals surface area (Å²) < 4.78 is 0. The fraction of sp³-hybridized carbons (Fsp3) is 0.136. The molecule has 0 heteroatoms. The molecule has 0 unspecified atom stereocenters. The molecular weight excluding hydrogens is 528 g/mol. The van der Waals surface area contributed by atoms with Gasteiger partial charge in [-0.15, -0.1) is 0 Å². The molecular formula is C44H32. The second-order valence-electron chi connectivity index (χ2n) is 14.1. The molecule has 8 aromatic rings. The van der Waals surface area contributed by atoms with Gasteiger partial charge in [0.1, 0.15) is 0 Å². The molecule has 8 aromatic carbocycles. The van der Waals surface area contributed by atoms with Crippen LogP contribution in [0.2, 0.25) is 0 Å². The zero-order valence-corrected chi connectivity index (χ0v) is 25.5. The van der Waals surface area contributed by atoms with E-state index in [0.717, 1.165) is 0 Å².